The zero-order valence-corrected chi connectivity index (χ0v) is 26.4. The Hall–Kier alpha value is -3.46. The number of halogens is 1. The number of anilines is 2. The van der Waals surface area contributed by atoms with E-state index < -0.39 is 5.41 Å². The van der Waals surface area contributed by atoms with E-state index in [1.165, 1.54) is 0 Å². The van der Waals surface area contributed by atoms with E-state index in [-0.39, 0.29) is 37.0 Å². The first-order chi connectivity index (χ1) is 20.6. The highest BCUT2D eigenvalue weighted by Crippen LogP contribution is 2.32. The second kappa shape index (κ2) is 14.8. The van der Waals surface area contributed by atoms with Gasteiger partial charge < -0.3 is 25.2 Å². The number of hydrogen-bond donors (Lipinski definition) is 2. The number of likely N-dealkylation sites (N-methyl/N-ethyl adjacent to an activating group) is 2. The Kier molecular flexibility index (Phi) is 11.2. The maximum Gasteiger partial charge on any atom is 0.236 e. The van der Waals surface area contributed by atoms with Gasteiger partial charge in [0.25, 0.3) is 0 Å². The van der Waals surface area contributed by atoms with E-state index in [0.29, 0.717) is 49.1 Å². The summed E-state index contributed by atoms with van der Waals surface area (Å²) in [6, 6.07) is 10.5. The number of pyridine rings is 2. The molecular weight excluding hydrogens is 568 g/mol. The summed E-state index contributed by atoms with van der Waals surface area (Å²) in [7, 11) is 6.95. The summed E-state index contributed by atoms with van der Waals surface area (Å²) in [5.41, 5.74) is 1.03. The molecule has 12 heteroatoms. The highest BCUT2D eigenvalue weighted by atomic mass is 35.5. The van der Waals surface area contributed by atoms with Gasteiger partial charge in [0.05, 0.1) is 35.3 Å². The molecule has 2 aliphatic rings. The first kappa shape index (κ1) is 32.5. The molecule has 1 saturated heterocycles. The van der Waals surface area contributed by atoms with E-state index in [0.717, 1.165) is 37.1 Å². The topological polar surface area (TPSA) is 127 Å². The second-order valence-electron chi connectivity index (χ2n) is 11.9. The van der Waals surface area contributed by atoms with Crippen molar-refractivity contribution in [3.63, 3.8) is 0 Å². The minimum Gasteiger partial charge on any atom is -0.381 e. The van der Waals surface area contributed by atoms with Crippen LogP contribution in [-0.4, -0.2) is 110 Å². The van der Waals surface area contributed by atoms with Crippen LogP contribution in [-0.2, 0) is 14.3 Å². The molecule has 2 amide bonds. The van der Waals surface area contributed by atoms with E-state index in [1.54, 1.807) is 44.2 Å². The summed E-state index contributed by atoms with van der Waals surface area (Å²) < 4.78 is 5.44. The van der Waals surface area contributed by atoms with Gasteiger partial charge in [0.15, 0.2) is 0 Å². The van der Waals surface area contributed by atoms with Crippen molar-refractivity contribution in [2.24, 2.45) is 5.41 Å². The second-order valence-corrected chi connectivity index (χ2v) is 12.4. The molecule has 1 aliphatic heterocycles. The van der Waals surface area contributed by atoms with E-state index in [1.807, 2.05) is 29.2 Å². The number of hydrogen-bond acceptors (Lipinski definition) is 9. The SMILES string of the molecule is CN(C)C(=O)CN(CC(=O)N(C)C)C1CCC(Nc2cc(-c3cccc(NCC4(C#N)CCOCC4)n3)c(Cl)cn2)CC1. The third kappa shape index (κ3) is 8.78. The molecule has 0 radical (unpaired) electrons. The van der Waals surface area contributed by atoms with E-state index in [9.17, 15) is 14.9 Å². The van der Waals surface area contributed by atoms with E-state index in [2.05, 4.69) is 21.7 Å². The van der Waals surface area contributed by atoms with Crippen molar-refractivity contribution in [1.29, 1.82) is 5.26 Å². The quantitative estimate of drug-likeness (QED) is 0.391. The third-order valence-electron chi connectivity index (χ3n) is 8.41. The van der Waals surface area contributed by atoms with Crippen LogP contribution in [0.5, 0.6) is 0 Å². The van der Waals surface area contributed by atoms with Crippen molar-refractivity contribution in [3.05, 3.63) is 35.5 Å². The molecule has 0 atom stereocenters. The number of nitriles is 1. The van der Waals surface area contributed by atoms with Gasteiger partial charge in [-0.05, 0) is 56.7 Å². The molecule has 2 aromatic heterocycles. The summed E-state index contributed by atoms with van der Waals surface area (Å²) in [5, 5.41) is 17.2. The summed E-state index contributed by atoms with van der Waals surface area (Å²) >= 11 is 6.58. The van der Waals surface area contributed by atoms with Crippen LogP contribution in [0.4, 0.5) is 11.6 Å². The van der Waals surface area contributed by atoms with Gasteiger partial charge in [0.2, 0.25) is 11.8 Å². The summed E-state index contributed by atoms with van der Waals surface area (Å²) in [6.07, 6.45) is 6.54. The monoisotopic (exact) mass is 610 g/mol. The Morgan fingerprint density at radius 2 is 1.70 bits per heavy atom. The lowest BCUT2D eigenvalue weighted by molar-refractivity contribution is -0.134. The first-order valence-electron chi connectivity index (χ1n) is 14.9. The van der Waals surface area contributed by atoms with Crippen LogP contribution in [0.25, 0.3) is 11.3 Å². The van der Waals surface area contributed by atoms with Crippen molar-refractivity contribution in [2.75, 3.05) is 71.7 Å². The predicted octanol–water partition coefficient (Wildman–Crippen LogP) is 3.73. The maximum absolute atomic E-state index is 12.5. The molecule has 11 nitrogen and oxygen atoms in total. The summed E-state index contributed by atoms with van der Waals surface area (Å²) in [5.74, 6) is 1.39. The van der Waals surface area contributed by atoms with E-state index >= 15 is 0 Å². The van der Waals surface area contributed by atoms with Gasteiger partial charge in [-0.2, -0.15) is 5.26 Å². The minimum atomic E-state index is -0.457. The lowest BCUT2D eigenvalue weighted by Gasteiger charge is -2.37. The number of rotatable bonds is 11. The van der Waals surface area contributed by atoms with Crippen LogP contribution in [0.3, 0.4) is 0 Å². The summed E-state index contributed by atoms with van der Waals surface area (Å²) in [6.45, 7) is 2.15. The predicted molar refractivity (Wildman–Crippen MR) is 168 cm³/mol. The number of aromatic nitrogens is 2. The van der Waals surface area contributed by atoms with Gasteiger partial charge in [-0.15, -0.1) is 0 Å². The van der Waals surface area contributed by atoms with Crippen molar-refractivity contribution in [2.45, 2.75) is 50.6 Å². The number of nitrogens with zero attached hydrogens (tertiary/aromatic N) is 6. The van der Waals surface area contributed by atoms with Gasteiger partial charge in [-0.25, -0.2) is 9.97 Å². The standard InChI is InChI=1S/C31H43ClN8O3/c1-38(2)29(41)18-40(19-30(42)39(3)4)23-10-8-22(9-11-23)36-28-16-24(25(32)17-34-28)26-6-5-7-27(37-26)35-21-31(20-33)12-14-43-15-13-31/h5-7,16-17,22-23H,8-15,18-19,21H2,1-4H3,(H,34,36)(H,35,37). The average Bonchev–Trinajstić information content (AvgIpc) is 3.01. The number of nitrogens with one attached hydrogen (secondary N) is 2. The molecular formula is C31H43ClN8O3. The van der Waals surface area contributed by atoms with Crippen molar-refractivity contribution < 1.29 is 14.3 Å². The highest BCUT2D eigenvalue weighted by Gasteiger charge is 2.33. The Bertz CT molecular complexity index is 1280. The molecule has 0 bridgehead atoms. The molecule has 0 unspecified atom stereocenters. The molecule has 2 aromatic rings. The van der Waals surface area contributed by atoms with Crippen LogP contribution in [0, 0.1) is 16.7 Å². The Morgan fingerprint density at radius 3 is 2.30 bits per heavy atom. The van der Waals surface area contributed by atoms with Gasteiger partial charge in [0, 0.05) is 71.8 Å². The molecule has 4 rings (SSSR count). The lowest BCUT2D eigenvalue weighted by atomic mass is 9.82. The number of carbonyl (C=O) groups excluding carboxylic acids is 2. The Balaban J connectivity index is 1.39. The van der Waals surface area contributed by atoms with Crippen LogP contribution in [0.1, 0.15) is 38.5 Å². The van der Waals surface area contributed by atoms with Gasteiger partial charge in [-0.3, -0.25) is 14.5 Å². The van der Waals surface area contributed by atoms with Gasteiger partial charge >= 0.3 is 0 Å². The van der Waals surface area contributed by atoms with Crippen molar-refractivity contribution in [3.8, 4) is 17.3 Å². The first-order valence-corrected chi connectivity index (χ1v) is 15.2. The van der Waals surface area contributed by atoms with Crippen LogP contribution < -0.4 is 10.6 Å². The van der Waals surface area contributed by atoms with Crippen molar-refractivity contribution in [1.82, 2.24) is 24.7 Å². The fourth-order valence-electron chi connectivity index (χ4n) is 5.49. The molecule has 232 valence electrons. The minimum absolute atomic E-state index is 0.00858. The number of ether oxygens (including phenoxy) is 1. The third-order valence-corrected chi connectivity index (χ3v) is 8.72. The normalized spacial score (nSPS) is 19.7. The Morgan fingerprint density at radius 1 is 1.05 bits per heavy atom. The Labute approximate surface area is 259 Å². The lowest BCUT2D eigenvalue weighted by Crippen LogP contribution is -2.49. The molecule has 0 spiro atoms. The largest absolute Gasteiger partial charge is 0.381 e. The average molecular weight is 611 g/mol. The molecule has 1 aliphatic carbocycles. The molecule has 43 heavy (non-hydrogen) atoms. The number of carbonyl (C=O) groups is 2. The van der Waals surface area contributed by atoms with Crippen LogP contribution in [0.2, 0.25) is 5.02 Å². The zero-order chi connectivity index (χ0) is 31.0. The number of amides is 2. The fraction of sp³-hybridized carbons (Fsp3) is 0.581. The molecule has 1 saturated carbocycles. The zero-order valence-electron chi connectivity index (χ0n) is 25.6. The van der Waals surface area contributed by atoms with Gasteiger partial charge in [0.1, 0.15) is 11.6 Å². The smallest absolute Gasteiger partial charge is 0.236 e. The highest BCUT2D eigenvalue weighted by molar-refractivity contribution is 6.33. The molecule has 2 N–H and O–H groups in total. The van der Waals surface area contributed by atoms with Crippen LogP contribution >= 0.6 is 11.6 Å². The van der Waals surface area contributed by atoms with Crippen molar-refractivity contribution >= 4 is 35.1 Å². The van der Waals surface area contributed by atoms with E-state index in [4.69, 9.17) is 21.3 Å². The fourth-order valence-corrected chi connectivity index (χ4v) is 5.69. The van der Waals surface area contributed by atoms with Gasteiger partial charge in [-0.1, -0.05) is 17.7 Å². The summed E-state index contributed by atoms with van der Waals surface area (Å²) in [4.78, 5) is 39.4. The molecule has 0 aromatic carbocycles. The maximum atomic E-state index is 12.5. The molecule has 2 fully saturated rings. The van der Waals surface area contributed by atoms with Crippen LogP contribution in [0.15, 0.2) is 30.5 Å². The molecule has 3 heterocycles.